The Morgan fingerprint density at radius 1 is 1.25 bits per heavy atom. The molecular weight excluding hydrogens is 200 g/mol. The smallest absolute Gasteiger partial charge is 0.239 e. The van der Waals surface area contributed by atoms with Gasteiger partial charge in [0, 0.05) is 12.6 Å². The van der Waals surface area contributed by atoms with Gasteiger partial charge in [-0.2, -0.15) is 0 Å². The Hall–Kier alpha value is -0.570. The molecule has 1 amide bonds. The number of carbonyl (C=O) groups is 1. The fraction of sp³-hybridized carbons (Fsp3) is 0.923. The second-order valence-corrected chi connectivity index (χ2v) is 5.49. The van der Waals surface area contributed by atoms with E-state index in [1.807, 2.05) is 0 Å². The Bertz CT molecular complexity index is 246. The van der Waals surface area contributed by atoms with Gasteiger partial charge in [-0.3, -0.25) is 4.79 Å². The Morgan fingerprint density at radius 3 is 2.69 bits per heavy atom. The van der Waals surface area contributed by atoms with Crippen LogP contribution in [0, 0.1) is 5.92 Å². The maximum atomic E-state index is 12.4. The number of nitrogens with one attached hydrogen (secondary N) is 1. The molecule has 0 saturated carbocycles. The molecule has 3 heteroatoms. The molecule has 3 nitrogen and oxygen atoms in total. The van der Waals surface area contributed by atoms with E-state index in [1.54, 1.807) is 0 Å². The van der Waals surface area contributed by atoms with Crippen LogP contribution in [0.2, 0.25) is 0 Å². The van der Waals surface area contributed by atoms with E-state index in [-0.39, 0.29) is 6.04 Å². The molecule has 0 aromatic heterocycles. The van der Waals surface area contributed by atoms with Gasteiger partial charge in [0.25, 0.3) is 0 Å². The summed E-state index contributed by atoms with van der Waals surface area (Å²) in [5.41, 5.74) is 0. The van der Waals surface area contributed by atoms with Gasteiger partial charge in [0.1, 0.15) is 0 Å². The minimum atomic E-state index is 0.105. The molecule has 0 spiro atoms. The molecule has 2 aliphatic rings. The van der Waals surface area contributed by atoms with Crippen LogP contribution >= 0.6 is 0 Å². The van der Waals surface area contributed by atoms with Crippen LogP contribution in [-0.4, -0.2) is 36.0 Å². The molecule has 2 rings (SSSR count). The van der Waals surface area contributed by atoms with Crippen molar-refractivity contribution in [1.29, 1.82) is 0 Å². The second kappa shape index (κ2) is 5.17. The van der Waals surface area contributed by atoms with Gasteiger partial charge in [0.15, 0.2) is 0 Å². The van der Waals surface area contributed by atoms with Crippen LogP contribution in [0.4, 0.5) is 0 Å². The Kier molecular flexibility index (Phi) is 3.85. The standard InChI is InChI=1S/C13H24N2O/c1-10(2)12-7-5-9-15(12)13(16)11-6-3-4-8-14-11/h10-12,14H,3-9H2,1-2H3. The average Bonchev–Trinajstić information content (AvgIpc) is 2.78. The molecule has 92 valence electrons. The van der Waals surface area contributed by atoms with Gasteiger partial charge in [-0.05, 0) is 38.1 Å². The van der Waals surface area contributed by atoms with E-state index >= 15 is 0 Å². The van der Waals surface area contributed by atoms with Crippen molar-refractivity contribution in [3.63, 3.8) is 0 Å². The monoisotopic (exact) mass is 224 g/mol. The summed E-state index contributed by atoms with van der Waals surface area (Å²) < 4.78 is 0. The van der Waals surface area contributed by atoms with E-state index < -0.39 is 0 Å². The lowest BCUT2D eigenvalue weighted by molar-refractivity contribution is -0.135. The third-order valence-electron chi connectivity index (χ3n) is 3.96. The van der Waals surface area contributed by atoms with Crippen molar-refractivity contribution in [1.82, 2.24) is 10.2 Å². The number of nitrogens with zero attached hydrogens (tertiary/aromatic N) is 1. The lowest BCUT2D eigenvalue weighted by atomic mass is 9.99. The van der Waals surface area contributed by atoms with Crippen molar-refractivity contribution in [2.45, 2.75) is 58.0 Å². The van der Waals surface area contributed by atoms with Crippen molar-refractivity contribution >= 4 is 5.91 Å². The predicted molar refractivity (Wildman–Crippen MR) is 65.2 cm³/mol. The van der Waals surface area contributed by atoms with Gasteiger partial charge in [0.05, 0.1) is 6.04 Å². The highest BCUT2D eigenvalue weighted by Crippen LogP contribution is 2.25. The second-order valence-electron chi connectivity index (χ2n) is 5.49. The summed E-state index contributed by atoms with van der Waals surface area (Å²) in [6, 6.07) is 0.587. The molecule has 0 radical (unpaired) electrons. The van der Waals surface area contributed by atoms with Crippen LogP contribution in [-0.2, 0) is 4.79 Å². The van der Waals surface area contributed by atoms with E-state index in [9.17, 15) is 4.79 Å². The first-order valence-corrected chi connectivity index (χ1v) is 6.74. The van der Waals surface area contributed by atoms with Gasteiger partial charge in [-0.1, -0.05) is 20.3 Å². The van der Waals surface area contributed by atoms with Crippen LogP contribution < -0.4 is 5.32 Å². The van der Waals surface area contributed by atoms with Crippen LogP contribution in [0.1, 0.15) is 46.0 Å². The zero-order valence-electron chi connectivity index (χ0n) is 10.5. The van der Waals surface area contributed by atoms with Crippen molar-refractivity contribution in [3.05, 3.63) is 0 Å². The fourth-order valence-electron chi connectivity index (χ4n) is 3.02. The highest BCUT2D eigenvalue weighted by atomic mass is 16.2. The third-order valence-corrected chi connectivity index (χ3v) is 3.96. The summed E-state index contributed by atoms with van der Waals surface area (Å²) in [4.78, 5) is 14.5. The molecule has 1 N–H and O–H groups in total. The number of piperidine rings is 1. The van der Waals surface area contributed by atoms with Gasteiger partial charge in [-0.25, -0.2) is 0 Å². The fourth-order valence-corrected chi connectivity index (χ4v) is 3.02. The molecule has 0 aliphatic carbocycles. The summed E-state index contributed by atoms with van der Waals surface area (Å²) in [6.45, 7) is 6.44. The van der Waals surface area contributed by atoms with Crippen molar-refractivity contribution in [3.8, 4) is 0 Å². The number of likely N-dealkylation sites (tertiary alicyclic amines) is 1. The summed E-state index contributed by atoms with van der Waals surface area (Å²) in [7, 11) is 0. The van der Waals surface area contributed by atoms with Crippen LogP contribution in [0.15, 0.2) is 0 Å². The van der Waals surface area contributed by atoms with Gasteiger partial charge >= 0.3 is 0 Å². The lowest BCUT2D eigenvalue weighted by Crippen LogP contribution is -2.51. The molecule has 0 bridgehead atoms. The molecule has 2 unspecified atom stereocenters. The molecule has 2 heterocycles. The quantitative estimate of drug-likeness (QED) is 0.775. The van der Waals surface area contributed by atoms with Crippen LogP contribution in [0.5, 0.6) is 0 Å². The van der Waals surface area contributed by atoms with Crippen molar-refractivity contribution < 1.29 is 4.79 Å². The Morgan fingerprint density at radius 2 is 2.06 bits per heavy atom. The van der Waals surface area contributed by atoms with Gasteiger partial charge in [0.2, 0.25) is 5.91 Å². The van der Waals surface area contributed by atoms with E-state index in [0.29, 0.717) is 17.9 Å². The van der Waals surface area contributed by atoms with Gasteiger partial charge in [-0.15, -0.1) is 0 Å². The van der Waals surface area contributed by atoms with Crippen LogP contribution in [0.3, 0.4) is 0 Å². The van der Waals surface area contributed by atoms with Crippen molar-refractivity contribution in [2.75, 3.05) is 13.1 Å². The van der Waals surface area contributed by atoms with Crippen molar-refractivity contribution in [2.24, 2.45) is 5.92 Å². The summed E-state index contributed by atoms with van der Waals surface area (Å²) in [5.74, 6) is 0.950. The molecule has 2 saturated heterocycles. The van der Waals surface area contributed by atoms with E-state index in [0.717, 1.165) is 19.5 Å². The molecular formula is C13H24N2O. The predicted octanol–water partition coefficient (Wildman–Crippen LogP) is 1.78. The zero-order chi connectivity index (χ0) is 11.5. The Labute approximate surface area is 98.6 Å². The molecule has 2 aliphatic heterocycles. The minimum Gasteiger partial charge on any atom is -0.338 e. The summed E-state index contributed by atoms with van der Waals surface area (Å²) in [6.07, 6.45) is 5.82. The first kappa shape index (κ1) is 11.9. The Balaban J connectivity index is 1.97. The largest absolute Gasteiger partial charge is 0.338 e. The third kappa shape index (κ3) is 2.40. The zero-order valence-corrected chi connectivity index (χ0v) is 10.5. The minimum absolute atomic E-state index is 0.105. The molecule has 0 aromatic carbocycles. The SMILES string of the molecule is CC(C)C1CCCN1C(=O)C1CCCCN1. The number of hydrogen-bond donors (Lipinski definition) is 1. The highest BCUT2D eigenvalue weighted by molar-refractivity contribution is 5.82. The van der Waals surface area contributed by atoms with E-state index in [1.165, 1.54) is 25.7 Å². The maximum absolute atomic E-state index is 12.4. The van der Waals surface area contributed by atoms with E-state index in [2.05, 4.69) is 24.1 Å². The molecule has 16 heavy (non-hydrogen) atoms. The number of rotatable bonds is 2. The molecule has 2 atom stereocenters. The lowest BCUT2D eigenvalue weighted by Gasteiger charge is -2.33. The van der Waals surface area contributed by atoms with Gasteiger partial charge < -0.3 is 10.2 Å². The first-order valence-electron chi connectivity index (χ1n) is 6.74. The van der Waals surface area contributed by atoms with E-state index in [4.69, 9.17) is 0 Å². The molecule has 2 fully saturated rings. The first-order chi connectivity index (χ1) is 7.70. The average molecular weight is 224 g/mol. The molecule has 0 aromatic rings. The topological polar surface area (TPSA) is 32.3 Å². The maximum Gasteiger partial charge on any atom is 0.239 e. The normalized spacial score (nSPS) is 31.1. The number of carbonyl (C=O) groups excluding carboxylic acids is 1. The summed E-state index contributed by atoms with van der Waals surface area (Å²) >= 11 is 0. The summed E-state index contributed by atoms with van der Waals surface area (Å²) in [5, 5.41) is 3.36. The van der Waals surface area contributed by atoms with Crippen LogP contribution in [0.25, 0.3) is 0 Å². The number of hydrogen-bond acceptors (Lipinski definition) is 2. The highest BCUT2D eigenvalue weighted by Gasteiger charge is 2.34. The number of amides is 1.